The van der Waals surface area contributed by atoms with Crippen LogP contribution in [0.3, 0.4) is 0 Å². The van der Waals surface area contributed by atoms with Gasteiger partial charge >= 0.3 is 5.97 Å². The minimum Gasteiger partial charge on any atom is -0.507 e. The van der Waals surface area contributed by atoms with Gasteiger partial charge in [-0.1, -0.05) is 19.1 Å². The zero-order chi connectivity index (χ0) is 20.4. The average molecular weight is 382 g/mol. The Morgan fingerprint density at radius 2 is 1.86 bits per heavy atom. The van der Waals surface area contributed by atoms with Gasteiger partial charge in [-0.3, -0.25) is 14.4 Å². The fourth-order valence-corrected chi connectivity index (χ4v) is 4.55. The molecule has 0 saturated carbocycles. The highest BCUT2D eigenvalue weighted by Crippen LogP contribution is 2.48. The van der Waals surface area contributed by atoms with E-state index in [1.165, 1.54) is 24.3 Å². The highest BCUT2D eigenvalue weighted by atomic mass is 16.4. The predicted molar refractivity (Wildman–Crippen MR) is 97.0 cm³/mol. The number of carboxylic acids is 1. The van der Waals surface area contributed by atoms with E-state index < -0.39 is 34.8 Å². The molecule has 0 unspecified atom stereocenters. The number of phenols is 2. The normalized spacial score (nSPS) is 23.0. The molecule has 0 aromatic heterocycles. The van der Waals surface area contributed by atoms with Crippen molar-refractivity contribution in [2.75, 3.05) is 0 Å². The molecule has 0 fully saturated rings. The molecule has 0 aliphatic heterocycles. The summed E-state index contributed by atoms with van der Waals surface area (Å²) in [5.41, 5.74) is -1.81. The third-order valence-electron chi connectivity index (χ3n) is 6.05. The van der Waals surface area contributed by atoms with Crippen molar-refractivity contribution in [3.63, 3.8) is 0 Å². The van der Waals surface area contributed by atoms with Gasteiger partial charge in [-0.05, 0) is 42.5 Å². The number of aromatic hydroxyl groups is 2. The summed E-state index contributed by atoms with van der Waals surface area (Å²) in [7, 11) is 0. The predicted octanol–water partition coefficient (Wildman–Crippen LogP) is 1.91. The first-order valence-electron chi connectivity index (χ1n) is 8.97. The van der Waals surface area contributed by atoms with Crippen LogP contribution in [0.15, 0.2) is 24.3 Å². The molecule has 144 valence electrons. The van der Waals surface area contributed by atoms with Crippen molar-refractivity contribution in [3.05, 3.63) is 57.6 Å². The van der Waals surface area contributed by atoms with Crippen LogP contribution in [-0.4, -0.2) is 44.1 Å². The van der Waals surface area contributed by atoms with Crippen LogP contribution in [0.1, 0.15) is 62.7 Å². The first kappa shape index (κ1) is 18.2. The van der Waals surface area contributed by atoms with Crippen LogP contribution in [0.4, 0.5) is 0 Å². The fourth-order valence-electron chi connectivity index (χ4n) is 4.55. The lowest BCUT2D eigenvalue weighted by molar-refractivity contribution is -0.150. The number of carbonyl (C=O) groups excluding carboxylic acids is 2. The molecule has 7 heteroatoms. The van der Waals surface area contributed by atoms with E-state index >= 15 is 0 Å². The number of aliphatic hydroxyl groups excluding tert-OH is 1. The minimum absolute atomic E-state index is 0.00867. The van der Waals surface area contributed by atoms with Crippen molar-refractivity contribution >= 4 is 17.5 Å². The minimum atomic E-state index is -1.68. The van der Waals surface area contributed by atoms with Gasteiger partial charge in [-0.25, -0.2) is 0 Å². The number of aliphatic hydroxyl groups is 1. The van der Waals surface area contributed by atoms with E-state index in [0.717, 1.165) is 0 Å². The van der Waals surface area contributed by atoms with Crippen LogP contribution in [-0.2, 0) is 16.6 Å². The van der Waals surface area contributed by atoms with Gasteiger partial charge in [0.1, 0.15) is 16.9 Å². The molecule has 0 radical (unpaired) electrons. The molecule has 2 aromatic rings. The Labute approximate surface area is 159 Å². The molecule has 2 atom stereocenters. The maximum absolute atomic E-state index is 13.0. The van der Waals surface area contributed by atoms with Gasteiger partial charge in [0.15, 0.2) is 5.78 Å². The molecule has 2 aromatic carbocycles. The lowest BCUT2D eigenvalue weighted by atomic mass is 9.64. The second kappa shape index (κ2) is 5.90. The van der Waals surface area contributed by atoms with Crippen LogP contribution in [0.5, 0.6) is 11.5 Å². The number of fused-ring (bicyclic) bond motifs is 3. The summed E-state index contributed by atoms with van der Waals surface area (Å²) in [6.45, 7) is 1.61. The standard InChI is InChI=1S/C21H18O7/c1-2-21(20(27)28)12-8-11-16(18(25)9(12)6-7-14(21)23)19(26)15-10(17(11)24)4-3-5-13(15)22/h3-5,8,14,22-23,25H,2,6-7H2,1H3,(H,27,28)/t14-,21+/m0/s1. The van der Waals surface area contributed by atoms with Gasteiger partial charge in [-0.15, -0.1) is 0 Å². The zero-order valence-corrected chi connectivity index (χ0v) is 15.0. The molecular formula is C21H18O7. The second-order valence-electron chi connectivity index (χ2n) is 7.22. The largest absolute Gasteiger partial charge is 0.507 e. The molecule has 4 rings (SSSR count). The van der Waals surface area contributed by atoms with Crippen molar-refractivity contribution < 1.29 is 34.8 Å². The van der Waals surface area contributed by atoms with Crippen molar-refractivity contribution in [2.45, 2.75) is 37.7 Å². The van der Waals surface area contributed by atoms with Gasteiger partial charge in [0.2, 0.25) is 5.78 Å². The number of hydrogen-bond donors (Lipinski definition) is 4. The second-order valence-corrected chi connectivity index (χ2v) is 7.22. The molecule has 0 amide bonds. The first-order chi connectivity index (χ1) is 13.3. The van der Waals surface area contributed by atoms with Gasteiger partial charge in [0, 0.05) is 11.1 Å². The first-order valence-corrected chi connectivity index (χ1v) is 8.97. The molecule has 7 nitrogen and oxygen atoms in total. The average Bonchev–Trinajstić information content (AvgIpc) is 2.65. The van der Waals surface area contributed by atoms with Crippen LogP contribution < -0.4 is 0 Å². The third kappa shape index (κ3) is 2.05. The summed E-state index contributed by atoms with van der Waals surface area (Å²) in [6, 6.07) is 5.43. The number of carboxylic acid groups (broad SMARTS) is 1. The molecular weight excluding hydrogens is 364 g/mol. The molecule has 2 aliphatic rings. The Morgan fingerprint density at radius 3 is 2.50 bits per heavy atom. The number of rotatable bonds is 2. The summed E-state index contributed by atoms with van der Waals surface area (Å²) >= 11 is 0. The molecule has 0 spiro atoms. The highest BCUT2D eigenvalue weighted by molar-refractivity contribution is 6.30. The maximum atomic E-state index is 13.0. The zero-order valence-electron chi connectivity index (χ0n) is 15.0. The lowest BCUT2D eigenvalue weighted by Gasteiger charge is -2.40. The van der Waals surface area contributed by atoms with E-state index in [2.05, 4.69) is 0 Å². The lowest BCUT2D eigenvalue weighted by Crippen LogP contribution is -2.49. The topological polar surface area (TPSA) is 132 Å². The number of carbonyl (C=O) groups is 3. The van der Waals surface area contributed by atoms with E-state index in [1.54, 1.807) is 6.92 Å². The van der Waals surface area contributed by atoms with Crippen molar-refractivity contribution in [3.8, 4) is 11.5 Å². The fraction of sp³-hybridized carbons (Fsp3) is 0.286. The van der Waals surface area contributed by atoms with E-state index in [0.29, 0.717) is 0 Å². The summed E-state index contributed by atoms with van der Waals surface area (Å²) in [6.07, 6.45) is -0.872. The van der Waals surface area contributed by atoms with E-state index in [9.17, 15) is 34.8 Å². The number of aliphatic carboxylic acids is 1. The smallest absolute Gasteiger partial charge is 0.316 e. The number of phenolic OH excluding ortho intramolecular Hbond substituents is 2. The molecule has 0 saturated heterocycles. The van der Waals surface area contributed by atoms with E-state index in [-0.39, 0.29) is 58.4 Å². The van der Waals surface area contributed by atoms with Crippen LogP contribution >= 0.6 is 0 Å². The van der Waals surface area contributed by atoms with E-state index in [4.69, 9.17) is 0 Å². The van der Waals surface area contributed by atoms with Gasteiger partial charge in [0.25, 0.3) is 0 Å². The Morgan fingerprint density at radius 1 is 1.14 bits per heavy atom. The number of hydrogen-bond acceptors (Lipinski definition) is 6. The van der Waals surface area contributed by atoms with Gasteiger partial charge in [0.05, 0.1) is 17.2 Å². The molecule has 0 bridgehead atoms. The maximum Gasteiger partial charge on any atom is 0.316 e. The summed E-state index contributed by atoms with van der Waals surface area (Å²) in [5.74, 6) is -3.34. The Balaban J connectivity index is 2.07. The van der Waals surface area contributed by atoms with Crippen LogP contribution in [0, 0.1) is 0 Å². The van der Waals surface area contributed by atoms with Gasteiger partial charge in [-0.2, -0.15) is 0 Å². The quantitative estimate of drug-likeness (QED) is 0.532. The van der Waals surface area contributed by atoms with Crippen molar-refractivity contribution in [1.29, 1.82) is 0 Å². The molecule has 0 heterocycles. The van der Waals surface area contributed by atoms with Gasteiger partial charge < -0.3 is 20.4 Å². The third-order valence-corrected chi connectivity index (χ3v) is 6.05. The monoisotopic (exact) mass is 382 g/mol. The summed E-state index contributed by atoms with van der Waals surface area (Å²) < 4.78 is 0. The Hall–Kier alpha value is -3.19. The van der Waals surface area contributed by atoms with Crippen LogP contribution in [0.25, 0.3) is 0 Å². The SMILES string of the molecule is CC[C@@]1(C(=O)O)c2cc3c(c(O)c2CC[C@@H]1O)C(=O)c1c(O)cccc1C3=O. The van der Waals surface area contributed by atoms with Crippen molar-refractivity contribution in [1.82, 2.24) is 0 Å². The Kier molecular flexibility index (Phi) is 3.83. The Bertz CT molecular complexity index is 1070. The highest BCUT2D eigenvalue weighted by Gasteiger charge is 2.51. The molecule has 2 aliphatic carbocycles. The number of benzene rings is 2. The summed E-state index contributed by atoms with van der Waals surface area (Å²) in [5, 5.41) is 41.3. The van der Waals surface area contributed by atoms with E-state index in [1.807, 2.05) is 0 Å². The number of ketones is 2. The molecule has 28 heavy (non-hydrogen) atoms. The summed E-state index contributed by atoms with van der Waals surface area (Å²) in [4.78, 5) is 38.1. The van der Waals surface area contributed by atoms with Crippen LogP contribution in [0.2, 0.25) is 0 Å². The molecule has 4 N–H and O–H groups in total. The van der Waals surface area contributed by atoms with Crippen molar-refractivity contribution in [2.24, 2.45) is 0 Å².